The van der Waals surface area contributed by atoms with Gasteiger partial charge in [-0.3, -0.25) is 9.59 Å². The van der Waals surface area contributed by atoms with E-state index in [-0.39, 0.29) is 17.9 Å². The highest BCUT2D eigenvalue weighted by Gasteiger charge is 2.22. The molecule has 6 heteroatoms. The maximum atomic E-state index is 12.2. The number of hydrogen-bond acceptors (Lipinski definition) is 4. The van der Waals surface area contributed by atoms with E-state index in [9.17, 15) is 9.59 Å². The van der Waals surface area contributed by atoms with E-state index in [1.165, 1.54) is 31.0 Å². The van der Waals surface area contributed by atoms with Crippen LogP contribution in [0.15, 0.2) is 0 Å². The standard InChI is InChI=1S/C16H29N3O2S/c1-19(14-7-3-2-4-8-14)16(21)12-22-11-15(20)18-13-6-5-9-17-10-13/h13-14,17H,2-12H2,1H3,(H,18,20)/t13-/m0/s1. The Labute approximate surface area is 138 Å². The Balaban J connectivity index is 1.60. The molecule has 22 heavy (non-hydrogen) atoms. The molecular weight excluding hydrogens is 298 g/mol. The summed E-state index contributed by atoms with van der Waals surface area (Å²) in [7, 11) is 1.91. The van der Waals surface area contributed by atoms with Crippen LogP contribution in [0.2, 0.25) is 0 Å². The van der Waals surface area contributed by atoms with Gasteiger partial charge in [0.25, 0.3) is 0 Å². The van der Waals surface area contributed by atoms with E-state index in [0.717, 1.165) is 38.8 Å². The molecule has 0 bridgehead atoms. The predicted octanol–water partition coefficient (Wildman–Crippen LogP) is 1.38. The van der Waals surface area contributed by atoms with Crippen LogP contribution in [0.4, 0.5) is 0 Å². The number of thioether (sulfide) groups is 1. The lowest BCUT2D eigenvalue weighted by Crippen LogP contribution is -2.46. The molecule has 1 heterocycles. The summed E-state index contributed by atoms with van der Waals surface area (Å²) in [5.41, 5.74) is 0. The topological polar surface area (TPSA) is 61.4 Å². The molecule has 0 unspecified atom stereocenters. The minimum atomic E-state index is 0.0480. The molecule has 1 aliphatic carbocycles. The lowest BCUT2D eigenvalue weighted by molar-refractivity contribution is -0.129. The summed E-state index contributed by atoms with van der Waals surface area (Å²) in [5.74, 6) is 0.986. The third-order valence-corrected chi connectivity index (χ3v) is 5.55. The second kappa shape index (κ2) is 9.40. The summed E-state index contributed by atoms with van der Waals surface area (Å²) in [6.45, 7) is 1.91. The second-order valence-corrected chi connectivity index (χ2v) is 7.39. The van der Waals surface area contributed by atoms with Crippen molar-refractivity contribution in [2.75, 3.05) is 31.6 Å². The third-order valence-electron chi connectivity index (χ3n) is 4.64. The van der Waals surface area contributed by atoms with Gasteiger partial charge in [0.2, 0.25) is 11.8 Å². The zero-order valence-electron chi connectivity index (χ0n) is 13.6. The van der Waals surface area contributed by atoms with E-state index in [0.29, 0.717) is 17.5 Å². The van der Waals surface area contributed by atoms with Crippen molar-refractivity contribution in [2.24, 2.45) is 0 Å². The van der Waals surface area contributed by atoms with Gasteiger partial charge < -0.3 is 15.5 Å². The largest absolute Gasteiger partial charge is 0.351 e. The summed E-state index contributed by atoms with van der Waals surface area (Å²) < 4.78 is 0. The Kier molecular flexibility index (Phi) is 7.52. The summed E-state index contributed by atoms with van der Waals surface area (Å²) in [4.78, 5) is 26.0. The average Bonchev–Trinajstić information content (AvgIpc) is 2.55. The first-order valence-electron chi connectivity index (χ1n) is 8.50. The molecule has 0 radical (unpaired) electrons. The smallest absolute Gasteiger partial charge is 0.232 e. The predicted molar refractivity (Wildman–Crippen MR) is 91.0 cm³/mol. The molecule has 126 valence electrons. The molecule has 0 aromatic carbocycles. The van der Waals surface area contributed by atoms with Gasteiger partial charge in [-0.1, -0.05) is 19.3 Å². The van der Waals surface area contributed by atoms with Crippen LogP contribution in [-0.2, 0) is 9.59 Å². The molecule has 0 spiro atoms. The van der Waals surface area contributed by atoms with Gasteiger partial charge in [-0.2, -0.15) is 0 Å². The van der Waals surface area contributed by atoms with Crippen LogP contribution in [0.5, 0.6) is 0 Å². The van der Waals surface area contributed by atoms with Crippen LogP contribution >= 0.6 is 11.8 Å². The summed E-state index contributed by atoms with van der Waals surface area (Å²) in [6.07, 6.45) is 8.17. The van der Waals surface area contributed by atoms with Crippen LogP contribution in [0, 0.1) is 0 Å². The number of nitrogens with one attached hydrogen (secondary N) is 2. The number of hydrogen-bond donors (Lipinski definition) is 2. The quantitative estimate of drug-likeness (QED) is 0.774. The van der Waals surface area contributed by atoms with E-state index in [4.69, 9.17) is 0 Å². The van der Waals surface area contributed by atoms with E-state index in [1.54, 1.807) is 0 Å². The summed E-state index contributed by atoms with van der Waals surface area (Å²) >= 11 is 1.43. The van der Waals surface area contributed by atoms with Gasteiger partial charge >= 0.3 is 0 Å². The molecule has 1 saturated carbocycles. The maximum Gasteiger partial charge on any atom is 0.232 e. The van der Waals surface area contributed by atoms with Crippen molar-refractivity contribution in [1.82, 2.24) is 15.5 Å². The first kappa shape index (κ1) is 17.6. The van der Waals surface area contributed by atoms with Crippen molar-refractivity contribution < 1.29 is 9.59 Å². The fourth-order valence-electron chi connectivity index (χ4n) is 3.25. The fourth-order valence-corrected chi connectivity index (χ4v) is 4.00. The molecule has 1 saturated heterocycles. The Morgan fingerprint density at radius 3 is 2.59 bits per heavy atom. The SMILES string of the molecule is CN(C(=O)CSCC(=O)N[C@H]1CCCNC1)C1CCCCC1. The molecule has 2 fully saturated rings. The highest BCUT2D eigenvalue weighted by atomic mass is 32.2. The summed E-state index contributed by atoms with van der Waals surface area (Å²) in [5, 5.41) is 6.32. The molecule has 2 rings (SSSR count). The minimum absolute atomic E-state index is 0.0480. The number of nitrogens with zero attached hydrogens (tertiary/aromatic N) is 1. The molecule has 2 N–H and O–H groups in total. The van der Waals surface area contributed by atoms with Crippen LogP contribution in [-0.4, -0.2) is 60.4 Å². The molecule has 5 nitrogen and oxygen atoms in total. The number of rotatable bonds is 6. The molecule has 1 aliphatic heterocycles. The average molecular weight is 327 g/mol. The molecular formula is C16H29N3O2S. The normalized spacial score (nSPS) is 23.0. The van der Waals surface area contributed by atoms with Crippen molar-refractivity contribution in [2.45, 2.75) is 57.0 Å². The number of carbonyl (C=O) groups is 2. The van der Waals surface area contributed by atoms with Crippen molar-refractivity contribution in [1.29, 1.82) is 0 Å². The first-order chi connectivity index (χ1) is 10.7. The van der Waals surface area contributed by atoms with E-state index in [2.05, 4.69) is 10.6 Å². The monoisotopic (exact) mass is 327 g/mol. The van der Waals surface area contributed by atoms with Crippen molar-refractivity contribution >= 4 is 23.6 Å². The van der Waals surface area contributed by atoms with Gasteiger partial charge in [0.1, 0.15) is 0 Å². The zero-order valence-corrected chi connectivity index (χ0v) is 14.4. The molecule has 0 aromatic heterocycles. The van der Waals surface area contributed by atoms with Crippen LogP contribution in [0.25, 0.3) is 0 Å². The van der Waals surface area contributed by atoms with Gasteiger partial charge in [0, 0.05) is 25.7 Å². The Morgan fingerprint density at radius 1 is 1.14 bits per heavy atom. The number of piperidine rings is 1. The van der Waals surface area contributed by atoms with Gasteiger partial charge in [0.05, 0.1) is 11.5 Å². The Hall–Kier alpha value is -0.750. The highest BCUT2D eigenvalue weighted by molar-refractivity contribution is 8.00. The second-order valence-electron chi connectivity index (χ2n) is 6.40. The van der Waals surface area contributed by atoms with Gasteiger partial charge in [-0.25, -0.2) is 0 Å². The van der Waals surface area contributed by atoms with Crippen molar-refractivity contribution in [3.63, 3.8) is 0 Å². The minimum Gasteiger partial charge on any atom is -0.351 e. The van der Waals surface area contributed by atoms with Crippen LogP contribution < -0.4 is 10.6 Å². The Bertz CT molecular complexity index is 366. The molecule has 2 aliphatic rings. The first-order valence-corrected chi connectivity index (χ1v) is 9.66. The highest BCUT2D eigenvalue weighted by Crippen LogP contribution is 2.22. The summed E-state index contributed by atoms with van der Waals surface area (Å²) in [6, 6.07) is 0.659. The van der Waals surface area contributed by atoms with Crippen LogP contribution in [0.1, 0.15) is 44.9 Å². The zero-order chi connectivity index (χ0) is 15.8. The van der Waals surface area contributed by atoms with Crippen LogP contribution in [0.3, 0.4) is 0 Å². The number of carbonyl (C=O) groups excluding carboxylic acids is 2. The Morgan fingerprint density at radius 2 is 1.91 bits per heavy atom. The van der Waals surface area contributed by atoms with Gasteiger partial charge in [0.15, 0.2) is 0 Å². The van der Waals surface area contributed by atoms with Gasteiger partial charge in [-0.05, 0) is 32.2 Å². The molecule has 2 amide bonds. The van der Waals surface area contributed by atoms with E-state index >= 15 is 0 Å². The fraction of sp³-hybridized carbons (Fsp3) is 0.875. The lowest BCUT2D eigenvalue weighted by atomic mass is 9.94. The van der Waals surface area contributed by atoms with Crippen molar-refractivity contribution in [3.8, 4) is 0 Å². The van der Waals surface area contributed by atoms with Crippen molar-refractivity contribution in [3.05, 3.63) is 0 Å². The van der Waals surface area contributed by atoms with E-state index < -0.39 is 0 Å². The molecule has 1 atom stereocenters. The van der Waals surface area contributed by atoms with E-state index in [1.807, 2.05) is 11.9 Å². The molecule has 0 aromatic rings. The third kappa shape index (κ3) is 5.80. The maximum absolute atomic E-state index is 12.2. The lowest BCUT2D eigenvalue weighted by Gasteiger charge is -2.31. The number of amides is 2. The van der Waals surface area contributed by atoms with Gasteiger partial charge in [-0.15, -0.1) is 11.8 Å².